The number of hydrogen-bond acceptors (Lipinski definition) is 3. The van der Waals surface area contributed by atoms with Gasteiger partial charge in [-0.1, -0.05) is 17.7 Å². The van der Waals surface area contributed by atoms with Crippen LogP contribution in [0, 0.1) is 5.92 Å². The van der Waals surface area contributed by atoms with Crippen LogP contribution >= 0.6 is 11.6 Å². The van der Waals surface area contributed by atoms with Crippen LogP contribution in [0.5, 0.6) is 11.5 Å². The summed E-state index contributed by atoms with van der Waals surface area (Å²) in [5.41, 5.74) is 0.982. The Labute approximate surface area is 133 Å². The number of rotatable bonds is 4. The highest BCUT2D eigenvalue weighted by Gasteiger charge is 2.28. The predicted molar refractivity (Wildman–Crippen MR) is 85.9 cm³/mol. The molecule has 1 N–H and O–H groups in total. The number of carboxylic acids is 1. The molecule has 0 unspecified atom stereocenters. The summed E-state index contributed by atoms with van der Waals surface area (Å²) >= 11 is 5.85. The number of carbonyl (C=O) groups is 1. The number of ether oxygens (including phenoxy) is 1. The highest BCUT2D eigenvalue weighted by Crippen LogP contribution is 2.29. The van der Waals surface area contributed by atoms with Crippen molar-refractivity contribution in [2.75, 3.05) is 18.0 Å². The van der Waals surface area contributed by atoms with E-state index in [1.165, 1.54) is 0 Å². The van der Waals surface area contributed by atoms with Crippen LogP contribution in [-0.4, -0.2) is 24.2 Å². The summed E-state index contributed by atoms with van der Waals surface area (Å²) in [6.45, 7) is 1.29. The van der Waals surface area contributed by atoms with Gasteiger partial charge in [-0.3, -0.25) is 4.79 Å². The number of carboxylic acid groups (broad SMARTS) is 1. The van der Waals surface area contributed by atoms with Gasteiger partial charge in [0, 0.05) is 29.9 Å². The Kier molecular flexibility index (Phi) is 4.20. The number of benzene rings is 2. The average Bonchev–Trinajstić information content (AvgIpc) is 3.00. The van der Waals surface area contributed by atoms with Crippen molar-refractivity contribution in [1.82, 2.24) is 0 Å². The summed E-state index contributed by atoms with van der Waals surface area (Å²) in [6, 6.07) is 14.9. The summed E-state index contributed by atoms with van der Waals surface area (Å²) in [6.07, 6.45) is 0.678. The van der Waals surface area contributed by atoms with Crippen LogP contribution < -0.4 is 9.64 Å². The first-order chi connectivity index (χ1) is 10.6. The van der Waals surface area contributed by atoms with Crippen molar-refractivity contribution in [2.45, 2.75) is 6.42 Å². The third-order valence-electron chi connectivity index (χ3n) is 3.77. The number of nitrogens with zero attached hydrogens (tertiary/aromatic N) is 1. The van der Waals surface area contributed by atoms with Crippen LogP contribution in [-0.2, 0) is 4.79 Å². The van der Waals surface area contributed by atoms with Crippen molar-refractivity contribution in [3.8, 4) is 11.5 Å². The predicted octanol–water partition coefficient (Wildman–Crippen LogP) is 4.04. The van der Waals surface area contributed by atoms with E-state index in [9.17, 15) is 4.79 Å². The topological polar surface area (TPSA) is 49.8 Å². The van der Waals surface area contributed by atoms with Crippen LogP contribution in [0.15, 0.2) is 48.5 Å². The Morgan fingerprint density at radius 1 is 1.18 bits per heavy atom. The van der Waals surface area contributed by atoms with Gasteiger partial charge in [0.25, 0.3) is 0 Å². The Morgan fingerprint density at radius 2 is 1.95 bits per heavy atom. The number of aliphatic carboxylic acids is 1. The van der Waals surface area contributed by atoms with Crippen LogP contribution in [0.2, 0.25) is 5.02 Å². The molecule has 22 heavy (non-hydrogen) atoms. The van der Waals surface area contributed by atoms with Gasteiger partial charge in [-0.2, -0.15) is 0 Å². The average molecular weight is 318 g/mol. The van der Waals surface area contributed by atoms with Crippen molar-refractivity contribution < 1.29 is 14.6 Å². The van der Waals surface area contributed by atoms with Crippen molar-refractivity contribution in [2.24, 2.45) is 5.92 Å². The maximum Gasteiger partial charge on any atom is 0.308 e. The molecule has 0 saturated carbocycles. The summed E-state index contributed by atoms with van der Waals surface area (Å²) in [5, 5.41) is 9.75. The largest absolute Gasteiger partial charge is 0.481 e. The van der Waals surface area contributed by atoms with Crippen molar-refractivity contribution in [3.05, 3.63) is 53.6 Å². The van der Waals surface area contributed by atoms with Crippen LogP contribution in [0.1, 0.15) is 6.42 Å². The van der Waals surface area contributed by atoms with Gasteiger partial charge >= 0.3 is 5.97 Å². The fourth-order valence-corrected chi connectivity index (χ4v) is 2.70. The van der Waals surface area contributed by atoms with Gasteiger partial charge < -0.3 is 14.7 Å². The highest BCUT2D eigenvalue weighted by molar-refractivity contribution is 6.30. The van der Waals surface area contributed by atoms with E-state index < -0.39 is 5.97 Å². The first-order valence-corrected chi connectivity index (χ1v) is 7.51. The third-order valence-corrected chi connectivity index (χ3v) is 4.02. The second kappa shape index (κ2) is 6.28. The van der Waals surface area contributed by atoms with Gasteiger partial charge in [-0.25, -0.2) is 0 Å². The van der Waals surface area contributed by atoms with Crippen molar-refractivity contribution in [1.29, 1.82) is 0 Å². The quantitative estimate of drug-likeness (QED) is 0.924. The Hall–Kier alpha value is -2.20. The maximum absolute atomic E-state index is 11.1. The van der Waals surface area contributed by atoms with E-state index in [-0.39, 0.29) is 5.92 Å². The molecule has 0 radical (unpaired) electrons. The van der Waals surface area contributed by atoms with Crippen molar-refractivity contribution in [3.63, 3.8) is 0 Å². The minimum absolute atomic E-state index is 0.291. The van der Waals surface area contributed by atoms with Gasteiger partial charge in [0.1, 0.15) is 11.5 Å². The van der Waals surface area contributed by atoms with Crippen LogP contribution in [0.25, 0.3) is 0 Å². The van der Waals surface area contributed by atoms with Crippen LogP contribution in [0.3, 0.4) is 0 Å². The molecule has 1 fully saturated rings. The molecule has 5 heteroatoms. The first-order valence-electron chi connectivity index (χ1n) is 7.13. The first kappa shape index (κ1) is 14.7. The van der Waals surface area contributed by atoms with Gasteiger partial charge in [0.05, 0.1) is 5.92 Å². The molecule has 2 aromatic rings. The Balaban J connectivity index is 1.73. The molecule has 1 aliphatic heterocycles. The van der Waals surface area contributed by atoms with Gasteiger partial charge in [0.15, 0.2) is 0 Å². The molecule has 1 heterocycles. The van der Waals surface area contributed by atoms with Crippen molar-refractivity contribution >= 4 is 23.3 Å². The maximum atomic E-state index is 11.1. The minimum atomic E-state index is -0.726. The van der Waals surface area contributed by atoms with Gasteiger partial charge in [0.2, 0.25) is 0 Å². The summed E-state index contributed by atoms with van der Waals surface area (Å²) in [5.74, 6) is 0.418. The highest BCUT2D eigenvalue weighted by atomic mass is 35.5. The minimum Gasteiger partial charge on any atom is -0.481 e. The van der Waals surface area contributed by atoms with Crippen LogP contribution in [0.4, 0.5) is 5.69 Å². The number of anilines is 1. The molecule has 114 valence electrons. The van der Waals surface area contributed by atoms with Gasteiger partial charge in [-0.15, -0.1) is 0 Å². The molecule has 0 amide bonds. The third kappa shape index (κ3) is 3.34. The molecule has 3 rings (SSSR count). The van der Waals surface area contributed by atoms with E-state index in [1.807, 2.05) is 36.4 Å². The summed E-state index contributed by atoms with van der Waals surface area (Å²) in [7, 11) is 0. The molecular formula is C17H16ClNO3. The molecule has 1 saturated heterocycles. The lowest BCUT2D eigenvalue weighted by Gasteiger charge is -2.19. The second-order valence-corrected chi connectivity index (χ2v) is 5.76. The normalized spacial score (nSPS) is 17.5. The lowest BCUT2D eigenvalue weighted by atomic mass is 10.1. The molecule has 0 aliphatic carbocycles. The zero-order valence-corrected chi connectivity index (χ0v) is 12.7. The Morgan fingerprint density at radius 3 is 2.64 bits per heavy atom. The summed E-state index contributed by atoms with van der Waals surface area (Å²) < 4.78 is 5.81. The molecule has 1 atom stereocenters. The summed E-state index contributed by atoms with van der Waals surface area (Å²) in [4.78, 5) is 13.1. The number of hydrogen-bond donors (Lipinski definition) is 1. The molecule has 0 spiro atoms. The Bertz CT molecular complexity index is 672. The number of halogens is 1. The van der Waals surface area contributed by atoms with E-state index in [0.717, 1.165) is 18.0 Å². The zero-order chi connectivity index (χ0) is 15.5. The zero-order valence-electron chi connectivity index (χ0n) is 11.9. The fraction of sp³-hybridized carbons (Fsp3) is 0.235. The molecule has 2 aromatic carbocycles. The van der Waals surface area contributed by atoms with E-state index >= 15 is 0 Å². The van der Waals surface area contributed by atoms with E-state index in [1.54, 1.807) is 12.1 Å². The molecule has 4 nitrogen and oxygen atoms in total. The second-order valence-electron chi connectivity index (χ2n) is 5.32. The molecular weight excluding hydrogens is 302 g/mol. The molecule has 0 bridgehead atoms. The standard InChI is InChI=1S/C17H16ClNO3/c18-13-4-6-15(7-5-13)22-16-3-1-2-14(10-16)19-9-8-12(11-19)17(20)21/h1-7,10,12H,8-9,11H2,(H,20,21)/t12-/m1/s1. The van der Waals surface area contributed by atoms with E-state index in [0.29, 0.717) is 23.7 Å². The lowest BCUT2D eigenvalue weighted by Crippen LogP contribution is -2.22. The lowest BCUT2D eigenvalue weighted by molar-refractivity contribution is -0.140. The smallest absolute Gasteiger partial charge is 0.308 e. The van der Waals surface area contributed by atoms with E-state index in [4.69, 9.17) is 21.4 Å². The molecule has 1 aliphatic rings. The molecule has 0 aromatic heterocycles. The SMILES string of the molecule is O=C(O)[C@@H]1CCN(c2cccc(Oc3ccc(Cl)cc3)c2)C1. The van der Waals surface area contributed by atoms with E-state index in [2.05, 4.69) is 4.90 Å². The fourth-order valence-electron chi connectivity index (χ4n) is 2.58. The van der Waals surface area contributed by atoms with Gasteiger partial charge in [-0.05, 0) is 42.8 Å². The monoisotopic (exact) mass is 317 g/mol.